The molecule has 23 heavy (non-hydrogen) atoms. The fourth-order valence-electron chi connectivity index (χ4n) is 2.72. The molecule has 1 aliphatic rings. The molecule has 0 radical (unpaired) electrons. The molecular formula is C16H19BrN4O2. The Bertz CT molecular complexity index is 756. The lowest BCUT2D eigenvalue weighted by molar-refractivity contribution is -0.126. The van der Waals surface area contributed by atoms with Gasteiger partial charge in [-0.25, -0.2) is 0 Å². The van der Waals surface area contributed by atoms with Gasteiger partial charge in [0.2, 0.25) is 11.8 Å². The number of nitrogens with one attached hydrogen (secondary N) is 2. The Labute approximate surface area is 142 Å². The van der Waals surface area contributed by atoms with Crippen molar-refractivity contribution >= 4 is 44.5 Å². The average molecular weight is 379 g/mol. The predicted molar refractivity (Wildman–Crippen MR) is 92.1 cm³/mol. The van der Waals surface area contributed by atoms with Crippen LogP contribution in [0, 0.1) is 11.8 Å². The van der Waals surface area contributed by atoms with Crippen LogP contribution < -0.4 is 10.2 Å². The van der Waals surface area contributed by atoms with Gasteiger partial charge in [0.1, 0.15) is 0 Å². The SMILES string of the molecule is CC(C)CNC(=O)[C@@H]1CC(=O)N(c2n[nH]c3cc(Br)ccc23)C1. The monoisotopic (exact) mass is 378 g/mol. The molecule has 0 bridgehead atoms. The van der Waals surface area contributed by atoms with Gasteiger partial charge in [-0.05, 0) is 24.1 Å². The van der Waals surface area contributed by atoms with Crippen LogP contribution in [0.2, 0.25) is 0 Å². The zero-order chi connectivity index (χ0) is 16.6. The van der Waals surface area contributed by atoms with Crippen LogP contribution in [-0.2, 0) is 9.59 Å². The van der Waals surface area contributed by atoms with Crippen LogP contribution in [0.4, 0.5) is 5.82 Å². The maximum atomic E-state index is 12.3. The van der Waals surface area contributed by atoms with Gasteiger partial charge in [0.25, 0.3) is 0 Å². The molecule has 1 atom stereocenters. The summed E-state index contributed by atoms with van der Waals surface area (Å²) in [5.41, 5.74) is 0.856. The third kappa shape index (κ3) is 3.24. The maximum Gasteiger partial charge on any atom is 0.229 e. The van der Waals surface area contributed by atoms with Gasteiger partial charge in [-0.3, -0.25) is 19.6 Å². The van der Waals surface area contributed by atoms with Crippen LogP contribution in [0.25, 0.3) is 10.9 Å². The first-order valence-corrected chi connectivity index (χ1v) is 8.46. The molecule has 6 nitrogen and oxygen atoms in total. The molecule has 1 aromatic carbocycles. The number of halogens is 1. The smallest absolute Gasteiger partial charge is 0.229 e. The number of anilines is 1. The molecule has 1 aliphatic heterocycles. The summed E-state index contributed by atoms with van der Waals surface area (Å²) in [5, 5.41) is 11.0. The predicted octanol–water partition coefficient (Wildman–Crippen LogP) is 2.45. The number of nitrogens with zero attached hydrogens (tertiary/aromatic N) is 2. The highest BCUT2D eigenvalue weighted by Crippen LogP contribution is 2.31. The fraction of sp³-hybridized carbons (Fsp3) is 0.438. The minimum atomic E-state index is -0.316. The van der Waals surface area contributed by atoms with Crippen molar-refractivity contribution in [3.8, 4) is 0 Å². The number of carbonyl (C=O) groups excluding carboxylic acids is 2. The van der Waals surface area contributed by atoms with E-state index in [0.29, 0.717) is 24.8 Å². The number of fused-ring (bicyclic) bond motifs is 1. The summed E-state index contributed by atoms with van der Waals surface area (Å²) in [4.78, 5) is 26.1. The lowest BCUT2D eigenvalue weighted by atomic mass is 10.1. The van der Waals surface area contributed by atoms with E-state index in [-0.39, 0.29) is 24.2 Å². The number of H-pyrrole nitrogens is 1. The number of aromatic amines is 1. The van der Waals surface area contributed by atoms with Crippen molar-refractivity contribution in [1.29, 1.82) is 0 Å². The van der Waals surface area contributed by atoms with E-state index in [0.717, 1.165) is 15.4 Å². The summed E-state index contributed by atoms with van der Waals surface area (Å²) in [6, 6.07) is 5.74. The molecule has 0 unspecified atom stereocenters. The van der Waals surface area contributed by atoms with Gasteiger partial charge in [0.05, 0.1) is 11.4 Å². The summed E-state index contributed by atoms with van der Waals surface area (Å²) in [6.45, 7) is 5.09. The molecule has 3 rings (SSSR count). The zero-order valence-corrected chi connectivity index (χ0v) is 14.7. The van der Waals surface area contributed by atoms with Crippen molar-refractivity contribution in [3.63, 3.8) is 0 Å². The Morgan fingerprint density at radius 1 is 1.52 bits per heavy atom. The van der Waals surface area contributed by atoms with Gasteiger partial charge in [-0.2, -0.15) is 5.10 Å². The quantitative estimate of drug-likeness (QED) is 0.857. The van der Waals surface area contributed by atoms with E-state index < -0.39 is 0 Å². The highest BCUT2D eigenvalue weighted by atomic mass is 79.9. The Kier molecular flexibility index (Phi) is 4.39. The summed E-state index contributed by atoms with van der Waals surface area (Å²) in [5.74, 6) is 0.546. The molecule has 122 valence electrons. The van der Waals surface area contributed by atoms with E-state index in [4.69, 9.17) is 0 Å². The number of hydrogen-bond donors (Lipinski definition) is 2. The number of hydrogen-bond acceptors (Lipinski definition) is 3. The van der Waals surface area contributed by atoms with Gasteiger partial charge in [-0.15, -0.1) is 0 Å². The molecule has 0 saturated carbocycles. The Morgan fingerprint density at radius 2 is 2.30 bits per heavy atom. The molecule has 2 aromatic rings. The van der Waals surface area contributed by atoms with Crippen LogP contribution in [0.3, 0.4) is 0 Å². The number of amides is 2. The second-order valence-electron chi connectivity index (χ2n) is 6.28. The molecule has 7 heteroatoms. The third-order valence-electron chi connectivity index (χ3n) is 3.94. The van der Waals surface area contributed by atoms with E-state index in [1.807, 2.05) is 32.0 Å². The number of rotatable bonds is 4. The summed E-state index contributed by atoms with van der Waals surface area (Å²) < 4.78 is 0.943. The van der Waals surface area contributed by atoms with Crippen molar-refractivity contribution < 1.29 is 9.59 Å². The lowest BCUT2D eigenvalue weighted by Crippen LogP contribution is -2.35. The molecule has 1 aromatic heterocycles. The van der Waals surface area contributed by atoms with E-state index in [1.165, 1.54) is 0 Å². The van der Waals surface area contributed by atoms with Crippen molar-refractivity contribution in [2.24, 2.45) is 11.8 Å². The van der Waals surface area contributed by atoms with E-state index >= 15 is 0 Å². The van der Waals surface area contributed by atoms with E-state index in [9.17, 15) is 9.59 Å². The van der Waals surface area contributed by atoms with E-state index in [1.54, 1.807) is 4.90 Å². The number of aromatic nitrogens is 2. The Hall–Kier alpha value is -1.89. The van der Waals surface area contributed by atoms with Crippen LogP contribution in [0.5, 0.6) is 0 Å². The second kappa shape index (κ2) is 6.31. The summed E-state index contributed by atoms with van der Waals surface area (Å²) in [7, 11) is 0. The van der Waals surface area contributed by atoms with Crippen molar-refractivity contribution in [3.05, 3.63) is 22.7 Å². The fourth-order valence-corrected chi connectivity index (χ4v) is 3.08. The lowest BCUT2D eigenvalue weighted by Gasteiger charge is -2.15. The molecule has 1 fully saturated rings. The third-order valence-corrected chi connectivity index (χ3v) is 4.43. The van der Waals surface area contributed by atoms with Gasteiger partial charge < -0.3 is 5.32 Å². The van der Waals surface area contributed by atoms with Crippen molar-refractivity contribution in [2.75, 3.05) is 18.0 Å². The zero-order valence-electron chi connectivity index (χ0n) is 13.1. The normalized spacial score (nSPS) is 18.2. The maximum absolute atomic E-state index is 12.3. The van der Waals surface area contributed by atoms with Gasteiger partial charge >= 0.3 is 0 Å². The minimum Gasteiger partial charge on any atom is -0.356 e. The first kappa shape index (κ1) is 16.0. The van der Waals surface area contributed by atoms with Crippen molar-refractivity contribution in [2.45, 2.75) is 20.3 Å². The Balaban J connectivity index is 1.78. The Morgan fingerprint density at radius 3 is 3.04 bits per heavy atom. The number of carbonyl (C=O) groups is 2. The largest absolute Gasteiger partial charge is 0.356 e. The van der Waals surface area contributed by atoms with Gasteiger partial charge in [0, 0.05) is 29.4 Å². The molecule has 2 heterocycles. The summed E-state index contributed by atoms with van der Waals surface area (Å²) in [6.07, 6.45) is 0.231. The van der Waals surface area contributed by atoms with Crippen LogP contribution in [0.15, 0.2) is 22.7 Å². The standard InChI is InChI=1S/C16H19BrN4O2/c1-9(2)7-18-16(23)10-5-14(22)21(8-10)15-12-4-3-11(17)6-13(12)19-20-15/h3-4,6,9-10H,5,7-8H2,1-2H3,(H,18,23)(H,19,20)/t10-/m1/s1. The molecule has 2 N–H and O–H groups in total. The molecule has 2 amide bonds. The van der Waals surface area contributed by atoms with Crippen LogP contribution in [0.1, 0.15) is 20.3 Å². The molecule has 0 spiro atoms. The number of benzene rings is 1. The minimum absolute atomic E-state index is 0.0582. The molecule has 0 aliphatic carbocycles. The average Bonchev–Trinajstić information content (AvgIpc) is 3.07. The highest BCUT2D eigenvalue weighted by Gasteiger charge is 2.36. The van der Waals surface area contributed by atoms with Crippen LogP contribution >= 0.6 is 15.9 Å². The van der Waals surface area contributed by atoms with Crippen molar-refractivity contribution in [1.82, 2.24) is 15.5 Å². The van der Waals surface area contributed by atoms with Gasteiger partial charge in [-0.1, -0.05) is 29.8 Å². The summed E-state index contributed by atoms with van der Waals surface area (Å²) >= 11 is 3.41. The van der Waals surface area contributed by atoms with Gasteiger partial charge in [0.15, 0.2) is 5.82 Å². The first-order chi connectivity index (χ1) is 11.0. The second-order valence-corrected chi connectivity index (χ2v) is 7.20. The topological polar surface area (TPSA) is 78.1 Å². The van der Waals surface area contributed by atoms with E-state index in [2.05, 4.69) is 31.4 Å². The molecular weight excluding hydrogens is 360 g/mol. The highest BCUT2D eigenvalue weighted by molar-refractivity contribution is 9.10. The molecule has 1 saturated heterocycles. The van der Waals surface area contributed by atoms with Crippen LogP contribution in [-0.4, -0.2) is 35.1 Å². The first-order valence-electron chi connectivity index (χ1n) is 7.67.